The first-order chi connectivity index (χ1) is 12.6. The maximum Gasteiger partial charge on any atom is 0.321 e. The molecule has 2 heterocycles. The minimum Gasteiger partial charge on any atom is -0.324 e. The van der Waals surface area contributed by atoms with E-state index in [-0.39, 0.29) is 23.0 Å². The maximum absolute atomic E-state index is 13.7. The predicted octanol–water partition coefficient (Wildman–Crippen LogP) is 3.49. The van der Waals surface area contributed by atoms with Crippen LogP contribution in [0.2, 0.25) is 0 Å². The molecule has 0 bridgehead atoms. The summed E-state index contributed by atoms with van der Waals surface area (Å²) in [6.07, 6.45) is 1.28. The number of halogens is 1. The molecule has 2 aromatic carbocycles. The zero-order valence-electron chi connectivity index (χ0n) is 14.3. The second kappa shape index (κ2) is 6.44. The molecule has 134 valence electrons. The van der Waals surface area contributed by atoms with Crippen molar-refractivity contribution in [3.63, 3.8) is 0 Å². The number of β-lactam (4-membered cyclic amide) rings is 1. The molecule has 1 N–H and O–H groups in total. The van der Waals surface area contributed by atoms with Gasteiger partial charge in [0.2, 0.25) is 5.91 Å². The van der Waals surface area contributed by atoms with Gasteiger partial charge in [-0.15, -0.1) is 0 Å². The number of hydrogen-bond donors (Lipinski definition) is 1. The quantitative estimate of drug-likeness (QED) is 0.841. The van der Waals surface area contributed by atoms with Crippen LogP contribution in [0.3, 0.4) is 0 Å². The second-order valence-electron chi connectivity index (χ2n) is 6.90. The van der Waals surface area contributed by atoms with Crippen LogP contribution in [0.4, 0.5) is 20.6 Å². The highest BCUT2D eigenvalue weighted by Gasteiger charge is 2.53. The van der Waals surface area contributed by atoms with Gasteiger partial charge in [0, 0.05) is 25.3 Å². The number of benzene rings is 2. The van der Waals surface area contributed by atoms with Crippen LogP contribution >= 0.6 is 0 Å². The molecule has 2 fully saturated rings. The molecule has 1 spiro atoms. The number of piperidine rings is 1. The highest BCUT2D eigenvalue weighted by atomic mass is 19.1. The van der Waals surface area contributed by atoms with E-state index in [1.54, 1.807) is 21.9 Å². The Hall–Kier alpha value is -2.89. The normalized spacial score (nSPS) is 18.6. The Labute approximate surface area is 151 Å². The van der Waals surface area contributed by atoms with E-state index in [0.717, 1.165) is 5.69 Å². The number of likely N-dealkylation sites (tertiary alicyclic amines) is 1. The van der Waals surface area contributed by atoms with Gasteiger partial charge in [0.1, 0.15) is 5.82 Å². The van der Waals surface area contributed by atoms with Crippen LogP contribution in [0.1, 0.15) is 12.8 Å². The van der Waals surface area contributed by atoms with Gasteiger partial charge in [0.25, 0.3) is 0 Å². The summed E-state index contributed by atoms with van der Waals surface area (Å²) in [6.45, 7) is 1.68. The lowest BCUT2D eigenvalue weighted by molar-refractivity contribution is -0.138. The summed E-state index contributed by atoms with van der Waals surface area (Å²) in [7, 11) is 0. The van der Waals surface area contributed by atoms with E-state index in [1.807, 2.05) is 30.3 Å². The molecule has 2 aliphatic heterocycles. The molecule has 0 saturated carbocycles. The van der Waals surface area contributed by atoms with Crippen molar-refractivity contribution in [1.29, 1.82) is 0 Å². The van der Waals surface area contributed by atoms with Gasteiger partial charge in [-0.05, 0) is 37.1 Å². The SMILES string of the molecule is O=C(Nc1ccccc1F)N1CCC2(CC1)CN(c1ccccc1)C2=O. The number of anilines is 2. The highest BCUT2D eigenvalue weighted by molar-refractivity contribution is 6.04. The van der Waals surface area contributed by atoms with Gasteiger partial charge in [0.15, 0.2) is 0 Å². The van der Waals surface area contributed by atoms with Gasteiger partial charge in [-0.3, -0.25) is 4.79 Å². The summed E-state index contributed by atoms with van der Waals surface area (Å²) in [5.41, 5.74) is 0.737. The average Bonchev–Trinajstić information content (AvgIpc) is 2.68. The van der Waals surface area contributed by atoms with E-state index in [1.165, 1.54) is 12.1 Å². The van der Waals surface area contributed by atoms with Gasteiger partial charge in [0.05, 0.1) is 11.1 Å². The van der Waals surface area contributed by atoms with Gasteiger partial charge >= 0.3 is 6.03 Å². The van der Waals surface area contributed by atoms with E-state index in [0.29, 0.717) is 32.5 Å². The Kier molecular flexibility index (Phi) is 4.11. The number of carbonyl (C=O) groups is 2. The molecule has 4 rings (SSSR count). The molecule has 2 saturated heterocycles. The molecule has 26 heavy (non-hydrogen) atoms. The van der Waals surface area contributed by atoms with Gasteiger partial charge in [-0.1, -0.05) is 30.3 Å². The lowest BCUT2D eigenvalue weighted by Gasteiger charge is -2.52. The van der Waals surface area contributed by atoms with Crippen LogP contribution in [0, 0.1) is 11.2 Å². The summed E-state index contributed by atoms with van der Waals surface area (Å²) < 4.78 is 13.7. The lowest BCUT2D eigenvalue weighted by Crippen LogP contribution is -2.65. The summed E-state index contributed by atoms with van der Waals surface area (Å²) in [5, 5.41) is 2.61. The third-order valence-corrected chi connectivity index (χ3v) is 5.35. The summed E-state index contributed by atoms with van der Waals surface area (Å²) in [4.78, 5) is 28.5. The molecule has 0 radical (unpaired) electrons. The molecule has 0 aromatic heterocycles. The third kappa shape index (κ3) is 2.81. The number of hydrogen-bond acceptors (Lipinski definition) is 2. The molecule has 5 nitrogen and oxygen atoms in total. The van der Waals surface area contributed by atoms with Crippen LogP contribution in [-0.2, 0) is 4.79 Å². The van der Waals surface area contributed by atoms with E-state index in [4.69, 9.17) is 0 Å². The van der Waals surface area contributed by atoms with Crippen molar-refractivity contribution in [2.75, 3.05) is 29.9 Å². The zero-order valence-corrected chi connectivity index (χ0v) is 14.3. The number of para-hydroxylation sites is 2. The number of amides is 3. The molecule has 0 atom stereocenters. The Morgan fingerprint density at radius 2 is 1.65 bits per heavy atom. The number of carbonyl (C=O) groups excluding carboxylic acids is 2. The Bertz CT molecular complexity index is 832. The number of urea groups is 1. The topological polar surface area (TPSA) is 52.7 Å². The fourth-order valence-corrected chi connectivity index (χ4v) is 3.72. The van der Waals surface area contributed by atoms with Crippen molar-refractivity contribution < 1.29 is 14.0 Å². The average molecular weight is 353 g/mol. The molecule has 3 amide bonds. The van der Waals surface area contributed by atoms with E-state index < -0.39 is 5.82 Å². The summed E-state index contributed by atoms with van der Waals surface area (Å²) >= 11 is 0. The monoisotopic (exact) mass is 353 g/mol. The molecule has 0 aliphatic carbocycles. The van der Waals surface area contributed by atoms with Crippen molar-refractivity contribution in [3.05, 3.63) is 60.4 Å². The van der Waals surface area contributed by atoms with Crippen molar-refractivity contribution in [3.8, 4) is 0 Å². The van der Waals surface area contributed by atoms with Crippen molar-refractivity contribution in [1.82, 2.24) is 4.90 Å². The first-order valence-electron chi connectivity index (χ1n) is 8.77. The lowest BCUT2D eigenvalue weighted by atomic mass is 9.71. The Morgan fingerprint density at radius 1 is 1.00 bits per heavy atom. The summed E-state index contributed by atoms with van der Waals surface area (Å²) in [6, 6.07) is 15.4. The number of rotatable bonds is 2. The van der Waals surface area contributed by atoms with Crippen molar-refractivity contribution in [2.45, 2.75) is 12.8 Å². The standard InChI is InChI=1S/C20H20FN3O2/c21-16-8-4-5-9-17(16)22-19(26)23-12-10-20(11-13-23)14-24(18(20)25)15-6-2-1-3-7-15/h1-9H,10-14H2,(H,22,26). The Balaban J connectivity index is 1.35. The minimum absolute atomic E-state index is 0.137. The first kappa shape index (κ1) is 16.6. The van der Waals surface area contributed by atoms with Crippen LogP contribution in [-0.4, -0.2) is 36.5 Å². The van der Waals surface area contributed by atoms with Crippen LogP contribution in [0.5, 0.6) is 0 Å². The zero-order chi connectivity index (χ0) is 18.1. The van der Waals surface area contributed by atoms with Crippen LogP contribution < -0.4 is 10.2 Å². The fourth-order valence-electron chi connectivity index (χ4n) is 3.72. The number of nitrogens with zero attached hydrogens (tertiary/aromatic N) is 2. The van der Waals surface area contributed by atoms with E-state index >= 15 is 0 Å². The van der Waals surface area contributed by atoms with E-state index in [2.05, 4.69) is 5.32 Å². The van der Waals surface area contributed by atoms with Gasteiger partial charge < -0.3 is 15.1 Å². The van der Waals surface area contributed by atoms with Crippen molar-refractivity contribution in [2.24, 2.45) is 5.41 Å². The van der Waals surface area contributed by atoms with Crippen LogP contribution in [0.15, 0.2) is 54.6 Å². The summed E-state index contributed by atoms with van der Waals surface area (Å²) in [5.74, 6) is -0.320. The van der Waals surface area contributed by atoms with Crippen LogP contribution in [0.25, 0.3) is 0 Å². The number of nitrogens with one attached hydrogen (secondary N) is 1. The second-order valence-corrected chi connectivity index (χ2v) is 6.90. The molecule has 6 heteroatoms. The largest absolute Gasteiger partial charge is 0.324 e. The highest BCUT2D eigenvalue weighted by Crippen LogP contribution is 2.43. The smallest absolute Gasteiger partial charge is 0.321 e. The van der Waals surface area contributed by atoms with Crippen molar-refractivity contribution >= 4 is 23.3 Å². The molecule has 2 aromatic rings. The van der Waals surface area contributed by atoms with E-state index in [9.17, 15) is 14.0 Å². The molecule has 2 aliphatic rings. The first-order valence-corrected chi connectivity index (χ1v) is 8.77. The third-order valence-electron chi connectivity index (χ3n) is 5.35. The maximum atomic E-state index is 13.7. The van der Waals surface area contributed by atoms with Gasteiger partial charge in [-0.25, -0.2) is 9.18 Å². The molecule has 0 unspecified atom stereocenters. The van der Waals surface area contributed by atoms with Gasteiger partial charge in [-0.2, -0.15) is 0 Å². The molecular weight excluding hydrogens is 333 g/mol. The predicted molar refractivity (Wildman–Crippen MR) is 97.5 cm³/mol. The fraction of sp³-hybridized carbons (Fsp3) is 0.300. The Morgan fingerprint density at radius 3 is 2.31 bits per heavy atom. The molecular formula is C20H20FN3O2. The minimum atomic E-state index is -0.456.